The van der Waals surface area contributed by atoms with E-state index in [1.807, 2.05) is 36.9 Å². The zero-order valence-electron chi connectivity index (χ0n) is 23.7. The van der Waals surface area contributed by atoms with Crippen molar-refractivity contribution in [3.05, 3.63) is 89.0 Å². The maximum absolute atomic E-state index is 13.3. The number of aromatic nitrogens is 2. The van der Waals surface area contributed by atoms with Gasteiger partial charge in [-0.1, -0.05) is 36.4 Å². The van der Waals surface area contributed by atoms with Crippen LogP contribution in [-0.4, -0.2) is 74.5 Å². The second-order valence-corrected chi connectivity index (χ2v) is 11.4. The summed E-state index contributed by atoms with van der Waals surface area (Å²) in [5, 5.41) is 9.59. The van der Waals surface area contributed by atoms with E-state index in [-0.39, 0.29) is 11.4 Å². The van der Waals surface area contributed by atoms with Gasteiger partial charge in [0.05, 0.1) is 22.5 Å². The molecule has 3 heterocycles. The summed E-state index contributed by atoms with van der Waals surface area (Å²) in [7, 11) is 0. The number of rotatable bonds is 7. The molecule has 210 valence electrons. The molecule has 2 aromatic carbocycles. The average Bonchev–Trinajstić information content (AvgIpc) is 2.97. The van der Waals surface area contributed by atoms with Crippen LogP contribution in [0.5, 0.6) is 0 Å². The molecule has 8 nitrogen and oxygen atoms in total. The first kappa shape index (κ1) is 27.8. The monoisotopic (exact) mass is 541 g/mol. The molecule has 5 rings (SSSR count). The molecule has 0 atom stereocenters. The predicted octanol–water partition coefficient (Wildman–Crippen LogP) is 4.96. The molecule has 0 bridgehead atoms. The Morgan fingerprint density at radius 1 is 0.950 bits per heavy atom. The number of hydrogen-bond donors (Lipinski definition) is 1. The summed E-state index contributed by atoms with van der Waals surface area (Å²) in [6, 6.07) is 18.0. The van der Waals surface area contributed by atoms with Gasteiger partial charge in [-0.3, -0.25) is 9.69 Å². The molecule has 3 aromatic rings. The van der Waals surface area contributed by atoms with Gasteiger partial charge in [0.15, 0.2) is 0 Å². The largest absolute Gasteiger partial charge is 0.478 e. The highest BCUT2D eigenvalue weighted by Crippen LogP contribution is 2.34. The molecule has 0 radical (unpaired) electrons. The molecular weight excluding hydrogens is 502 g/mol. The minimum Gasteiger partial charge on any atom is -0.478 e. The number of carboxylic acid groups (broad SMARTS) is 1. The fourth-order valence-electron chi connectivity index (χ4n) is 6.31. The molecule has 2 aliphatic heterocycles. The number of hydrogen-bond acceptors (Lipinski definition) is 6. The van der Waals surface area contributed by atoms with Gasteiger partial charge in [0.2, 0.25) is 0 Å². The summed E-state index contributed by atoms with van der Waals surface area (Å²) in [4.78, 5) is 40.4. The molecule has 1 aromatic heterocycles. The molecule has 0 aliphatic carbocycles. The van der Waals surface area contributed by atoms with E-state index in [1.165, 1.54) is 11.9 Å². The van der Waals surface area contributed by atoms with E-state index < -0.39 is 5.97 Å². The van der Waals surface area contributed by atoms with E-state index >= 15 is 0 Å². The fraction of sp³-hybridized carbons (Fsp3) is 0.438. The van der Waals surface area contributed by atoms with E-state index in [0.717, 1.165) is 75.5 Å². The number of carboxylic acids is 1. The van der Waals surface area contributed by atoms with Gasteiger partial charge in [-0.15, -0.1) is 0 Å². The summed E-state index contributed by atoms with van der Waals surface area (Å²) in [6.45, 7) is 10.2. The number of amides is 1. The Morgan fingerprint density at radius 2 is 1.60 bits per heavy atom. The maximum atomic E-state index is 13.3. The predicted molar refractivity (Wildman–Crippen MR) is 156 cm³/mol. The van der Waals surface area contributed by atoms with E-state index in [9.17, 15) is 14.7 Å². The van der Waals surface area contributed by atoms with Gasteiger partial charge in [-0.25, -0.2) is 14.8 Å². The molecule has 1 N–H and O–H groups in total. The smallest absolute Gasteiger partial charge is 0.335 e. The lowest BCUT2D eigenvalue weighted by Gasteiger charge is -2.50. The number of aryl methyl sites for hydroxylation is 2. The van der Waals surface area contributed by atoms with Gasteiger partial charge in [-0.05, 0) is 70.2 Å². The van der Waals surface area contributed by atoms with E-state index in [0.29, 0.717) is 17.2 Å². The third-order valence-electron chi connectivity index (χ3n) is 8.86. The fourth-order valence-corrected chi connectivity index (χ4v) is 6.31. The van der Waals surface area contributed by atoms with E-state index in [2.05, 4.69) is 51.0 Å². The molecule has 0 unspecified atom stereocenters. The molecule has 2 saturated heterocycles. The Labute approximate surface area is 236 Å². The number of carbonyl (C=O) groups is 2. The second kappa shape index (κ2) is 11.8. The van der Waals surface area contributed by atoms with Crippen LogP contribution in [0.25, 0.3) is 0 Å². The molecule has 8 heteroatoms. The average molecular weight is 542 g/mol. The highest BCUT2D eigenvalue weighted by Gasteiger charge is 2.39. The Balaban J connectivity index is 1.25. The zero-order valence-corrected chi connectivity index (χ0v) is 23.7. The first-order valence-corrected chi connectivity index (χ1v) is 14.2. The Hall–Kier alpha value is -3.78. The van der Waals surface area contributed by atoms with Crippen molar-refractivity contribution in [2.75, 3.05) is 31.1 Å². The molecule has 2 fully saturated rings. The number of nitrogens with zero attached hydrogens (tertiary/aromatic N) is 5. The second-order valence-electron chi connectivity index (χ2n) is 11.4. The van der Waals surface area contributed by atoms with Gasteiger partial charge < -0.3 is 14.9 Å². The van der Waals surface area contributed by atoms with Gasteiger partial charge >= 0.3 is 5.97 Å². The lowest BCUT2D eigenvalue weighted by molar-refractivity contribution is 0.0170. The van der Waals surface area contributed by atoms with Gasteiger partial charge in [0.1, 0.15) is 6.33 Å². The lowest BCUT2D eigenvalue weighted by Crippen LogP contribution is -2.58. The minimum absolute atomic E-state index is 0.0384. The van der Waals surface area contributed by atoms with Gasteiger partial charge in [0.25, 0.3) is 5.91 Å². The third-order valence-corrected chi connectivity index (χ3v) is 8.86. The number of carbonyl (C=O) groups excluding carboxylic acids is 1. The first-order chi connectivity index (χ1) is 19.2. The number of anilines is 1. The van der Waals surface area contributed by atoms with Crippen LogP contribution in [-0.2, 0) is 6.54 Å². The highest BCUT2D eigenvalue weighted by atomic mass is 16.4. The Morgan fingerprint density at radius 3 is 2.23 bits per heavy atom. The highest BCUT2D eigenvalue weighted by molar-refractivity contribution is 5.96. The van der Waals surface area contributed by atoms with E-state index in [1.54, 1.807) is 12.1 Å². The minimum atomic E-state index is -0.904. The zero-order chi connectivity index (χ0) is 28.3. The SMILES string of the molecule is Cc1ncnc(C)c1C(=O)N1CCC(C)(N2CCC(N(Cc3ccccc3)c3cccc(C(=O)O)c3)CC2)CC1. The van der Waals surface area contributed by atoms with Crippen LogP contribution in [0.2, 0.25) is 0 Å². The van der Waals surface area contributed by atoms with E-state index in [4.69, 9.17) is 0 Å². The quantitative estimate of drug-likeness (QED) is 0.452. The van der Waals surface area contributed by atoms with Crippen LogP contribution >= 0.6 is 0 Å². The maximum Gasteiger partial charge on any atom is 0.335 e. The van der Waals surface area contributed by atoms with Crippen molar-refractivity contribution in [1.29, 1.82) is 0 Å². The Bertz CT molecular complexity index is 1330. The van der Waals surface area contributed by atoms with Crippen LogP contribution in [0.4, 0.5) is 5.69 Å². The van der Waals surface area contributed by atoms with Gasteiger partial charge in [-0.2, -0.15) is 0 Å². The van der Waals surface area contributed by atoms with Crippen molar-refractivity contribution < 1.29 is 14.7 Å². The third kappa shape index (κ3) is 5.87. The summed E-state index contributed by atoms with van der Waals surface area (Å²) >= 11 is 0. The number of benzene rings is 2. The Kier molecular flexibility index (Phi) is 8.17. The number of piperidine rings is 2. The van der Waals surface area contributed by atoms with Gasteiger partial charge in [0, 0.05) is 50.0 Å². The number of likely N-dealkylation sites (tertiary alicyclic amines) is 2. The summed E-state index contributed by atoms with van der Waals surface area (Å²) in [5.41, 5.74) is 4.64. The molecule has 2 aliphatic rings. The first-order valence-electron chi connectivity index (χ1n) is 14.2. The van der Waals surface area contributed by atoms with Crippen molar-refractivity contribution >= 4 is 17.6 Å². The standard InChI is InChI=1S/C32H39N5O3/c1-23-29(24(2)34-22-33-23)30(38)35-18-14-32(3,15-19-35)36-16-12-27(13-17-36)37(21-25-8-5-4-6-9-25)28-11-7-10-26(20-28)31(39)40/h4-11,20,22,27H,12-19,21H2,1-3H3,(H,39,40). The van der Waals surface area contributed by atoms with Crippen molar-refractivity contribution in [3.63, 3.8) is 0 Å². The van der Waals surface area contributed by atoms with Crippen molar-refractivity contribution in [3.8, 4) is 0 Å². The van der Waals surface area contributed by atoms with Crippen LogP contribution in [0.15, 0.2) is 60.9 Å². The summed E-state index contributed by atoms with van der Waals surface area (Å²) in [5.74, 6) is -0.865. The topological polar surface area (TPSA) is 89.9 Å². The molecule has 1 amide bonds. The van der Waals surface area contributed by atoms with Crippen molar-refractivity contribution in [2.24, 2.45) is 0 Å². The summed E-state index contributed by atoms with van der Waals surface area (Å²) < 4.78 is 0. The van der Waals surface area contributed by atoms with Crippen molar-refractivity contribution in [1.82, 2.24) is 19.8 Å². The normalized spacial score (nSPS) is 17.9. The molecular formula is C32H39N5O3. The molecule has 0 saturated carbocycles. The molecule has 40 heavy (non-hydrogen) atoms. The lowest BCUT2D eigenvalue weighted by atomic mass is 9.85. The van der Waals surface area contributed by atoms with Crippen molar-refractivity contribution in [2.45, 2.75) is 64.6 Å². The number of aromatic carboxylic acids is 1. The summed E-state index contributed by atoms with van der Waals surface area (Å²) in [6.07, 6.45) is 5.39. The van der Waals surface area contributed by atoms with Crippen LogP contribution in [0, 0.1) is 13.8 Å². The van der Waals surface area contributed by atoms with Crippen LogP contribution in [0.1, 0.15) is 70.3 Å². The van der Waals surface area contributed by atoms with Crippen LogP contribution < -0.4 is 4.90 Å². The molecule has 0 spiro atoms. The van der Waals surface area contributed by atoms with Crippen LogP contribution in [0.3, 0.4) is 0 Å².